The molecule has 1 nitrogen and oxygen atoms in total. The minimum absolute atomic E-state index is 0.155. The van der Waals surface area contributed by atoms with E-state index in [1.165, 1.54) is 32.1 Å². The van der Waals surface area contributed by atoms with E-state index >= 15 is 0 Å². The second kappa shape index (κ2) is 4.13. The average molecular weight is 230 g/mol. The molecule has 0 heterocycles. The van der Waals surface area contributed by atoms with Gasteiger partial charge in [-0.05, 0) is 30.2 Å². The van der Waals surface area contributed by atoms with Crippen molar-refractivity contribution in [2.45, 2.75) is 45.1 Å². The molecule has 0 spiro atoms. The smallest absolute Gasteiger partial charge is 0.0849 e. The van der Waals surface area contributed by atoms with Gasteiger partial charge < -0.3 is 5.11 Å². The molecule has 2 saturated carbocycles. The number of aliphatic hydroxyl groups excluding tert-OH is 1. The predicted octanol–water partition coefficient (Wildman–Crippen LogP) is 3.94. The van der Waals surface area contributed by atoms with Crippen LogP contribution in [0.25, 0.3) is 0 Å². The van der Waals surface area contributed by atoms with E-state index in [0.717, 1.165) is 17.4 Å². The Bertz CT molecular complexity index is 372. The van der Waals surface area contributed by atoms with Gasteiger partial charge >= 0.3 is 0 Å². The van der Waals surface area contributed by atoms with Crippen LogP contribution in [0.15, 0.2) is 30.3 Å². The van der Waals surface area contributed by atoms with Gasteiger partial charge in [-0.15, -0.1) is 0 Å². The van der Waals surface area contributed by atoms with Gasteiger partial charge in [0.1, 0.15) is 0 Å². The summed E-state index contributed by atoms with van der Waals surface area (Å²) in [6.07, 6.45) is 6.49. The summed E-state index contributed by atoms with van der Waals surface area (Å²) >= 11 is 0. The van der Waals surface area contributed by atoms with Crippen LogP contribution in [0.4, 0.5) is 0 Å². The van der Waals surface area contributed by atoms with Gasteiger partial charge in [-0.1, -0.05) is 56.5 Å². The largest absolute Gasteiger partial charge is 0.388 e. The molecule has 0 aromatic heterocycles. The van der Waals surface area contributed by atoms with Crippen LogP contribution in [-0.2, 0) is 0 Å². The summed E-state index contributed by atoms with van der Waals surface area (Å²) in [6, 6.07) is 10.2. The molecule has 17 heavy (non-hydrogen) atoms. The highest BCUT2D eigenvalue weighted by molar-refractivity contribution is 5.25. The van der Waals surface area contributed by atoms with E-state index in [-0.39, 0.29) is 11.5 Å². The van der Waals surface area contributed by atoms with E-state index in [9.17, 15) is 5.11 Å². The highest BCUT2D eigenvalue weighted by Crippen LogP contribution is 2.69. The molecule has 2 aliphatic rings. The van der Waals surface area contributed by atoms with Crippen molar-refractivity contribution >= 4 is 0 Å². The van der Waals surface area contributed by atoms with Crippen molar-refractivity contribution in [2.24, 2.45) is 17.3 Å². The Kier molecular flexibility index (Phi) is 2.74. The van der Waals surface area contributed by atoms with E-state index in [1.807, 2.05) is 18.2 Å². The molecule has 4 atom stereocenters. The van der Waals surface area contributed by atoms with Gasteiger partial charge in [0.2, 0.25) is 0 Å². The number of benzene rings is 1. The molecular weight excluding hydrogens is 208 g/mol. The van der Waals surface area contributed by atoms with Crippen molar-refractivity contribution in [2.75, 3.05) is 0 Å². The fraction of sp³-hybridized carbons (Fsp3) is 0.625. The molecule has 1 heteroatoms. The maximum absolute atomic E-state index is 10.6. The van der Waals surface area contributed by atoms with E-state index < -0.39 is 0 Å². The molecule has 3 rings (SSSR count). The zero-order chi connectivity index (χ0) is 11.9. The summed E-state index contributed by atoms with van der Waals surface area (Å²) < 4.78 is 0. The minimum atomic E-state index is -0.267. The minimum Gasteiger partial charge on any atom is -0.388 e. The SMILES string of the molecule is CC1([C@@H](O)c2ccccc2)[C@@H]2CCCCC[C@@H]21. The number of hydrogen-bond donors (Lipinski definition) is 1. The van der Waals surface area contributed by atoms with E-state index in [1.54, 1.807) is 0 Å². The van der Waals surface area contributed by atoms with Gasteiger partial charge in [0.15, 0.2) is 0 Å². The zero-order valence-electron chi connectivity index (χ0n) is 10.6. The molecule has 2 aliphatic carbocycles. The Labute approximate surface area is 104 Å². The Balaban J connectivity index is 1.81. The summed E-state index contributed by atoms with van der Waals surface area (Å²) in [5, 5.41) is 10.6. The number of fused-ring (bicyclic) bond motifs is 1. The van der Waals surface area contributed by atoms with Gasteiger partial charge in [-0.25, -0.2) is 0 Å². The van der Waals surface area contributed by atoms with E-state index in [2.05, 4.69) is 19.1 Å². The molecule has 0 saturated heterocycles. The fourth-order valence-electron chi connectivity index (χ4n) is 4.05. The maximum Gasteiger partial charge on any atom is 0.0849 e. The van der Waals surface area contributed by atoms with Crippen LogP contribution in [-0.4, -0.2) is 5.11 Å². The molecule has 0 bridgehead atoms. The summed E-state index contributed by atoms with van der Waals surface area (Å²) in [4.78, 5) is 0. The van der Waals surface area contributed by atoms with Crippen LogP contribution in [0.1, 0.15) is 50.7 Å². The molecule has 0 radical (unpaired) electrons. The fourth-order valence-corrected chi connectivity index (χ4v) is 4.05. The Hall–Kier alpha value is -0.820. The van der Waals surface area contributed by atoms with Crippen molar-refractivity contribution in [1.82, 2.24) is 0 Å². The molecule has 2 fully saturated rings. The van der Waals surface area contributed by atoms with Gasteiger partial charge in [0.25, 0.3) is 0 Å². The predicted molar refractivity (Wildman–Crippen MR) is 69.6 cm³/mol. The number of hydrogen-bond acceptors (Lipinski definition) is 1. The van der Waals surface area contributed by atoms with Crippen molar-refractivity contribution in [1.29, 1.82) is 0 Å². The standard InChI is InChI=1S/C16H22O/c1-16(13-10-6-3-7-11-14(13)16)15(17)12-8-4-2-5-9-12/h2,4-5,8-9,13-15,17H,3,6-7,10-11H2,1H3/t13-,14+,15-,16?/m0/s1. The lowest BCUT2D eigenvalue weighted by atomic mass is 9.88. The third kappa shape index (κ3) is 1.72. The molecule has 1 aromatic rings. The Morgan fingerprint density at radius 3 is 2.24 bits per heavy atom. The summed E-state index contributed by atoms with van der Waals surface area (Å²) in [7, 11) is 0. The molecule has 0 amide bonds. The lowest BCUT2D eigenvalue weighted by molar-refractivity contribution is 0.0825. The first-order valence-electron chi connectivity index (χ1n) is 6.97. The normalized spacial score (nSPS) is 38.0. The van der Waals surface area contributed by atoms with Crippen LogP contribution in [0.3, 0.4) is 0 Å². The second-order valence-electron chi connectivity index (χ2n) is 6.03. The number of aliphatic hydroxyl groups is 1. The van der Waals surface area contributed by atoms with Gasteiger partial charge in [0.05, 0.1) is 6.10 Å². The van der Waals surface area contributed by atoms with Crippen molar-refractivity contribution in [3.63, 3.8) is 0 Å². The van der Waals surface area contributed by atoms with Crippen molar-refractivity contribution in [3.8, 4) is 0 Å². The quantitative estimate of drug-likeness (QED) is 0.816. The van der Waals surface area contributed by atoms with Crippen LogP contribution in [0.2, 0.25) is 0 Å². The average Bonchev–Trinajstić information content (AvgIpc) is 3.03. The summed E-state index contributed by atoms with van der Waals surface area (Å²) in [5.74, 6) is 1.53. The second-order valence-corrected chi connectivity index (χ2v) is 6.03. The monoisotopic (exact) mass is 230 g/mol. The third-order valence-electron chi connectivity index (χ3n) is 5.21. The van der Waals surface area contributed by atoms with Gasteiger partial charge in [0, 0.05) is 5.41 Å². The van der Waals surface area contributed by atoms with Gasteiger partial charge in [-0.3, -0.25) is 0 Å². The highest BCUT2D eigenvalue weighted by atomic mass is 16.3. The van der Waals surface area contributed by atoms with Crippen LogP contribution in [0, 0.1) is 17.3 Å². The Morgan fingerprint density at radius 2 is 1.65 bits per heavy atom. The first-order chi connectivity index (χ1) is 8.24. The van der Waals surface area contributed by atoms with Crippen LogP contribution >= 0.6 is 0 Å². The Morgan fingerprint density at radius 1 is 1.06 bits per heavy atom. The topological polar surface area (TPSA) is 20.2 Å². The lowest BCUT2D eigenvalue weighted by Gasteiger charge is -2.22. The highest BCUT2D eigenvalue weighted by Gasteiger charge is 2.63. The van der Waals surface area contributed by atoms with Crippen LogP contribution < -0.4 is 0 Å². The van der Waals surface area contributed by atoms with Gasteiger partial charge in [-0.2, -0.15) is 0 Å². The van der Waals surface area contributed by atoms with Crippen molar-refractivity contribution < 1.29 is 5.11 Å². The third-order valence-corrected chi connectivity index (χ3v) is 5.21. The molecular formula is C16H22O. The van der Waals surface area contributed by atoms with E-state index in [4.69, 9.17) is 0 Å². The maximum atomic E-state index is 10.6. The first-order valence-corrected chi connectivity index (χ1v) is 6.97. The van der Waals surface area contributed by atoms with Crippen LogP contribution in [0.5, 0.6) is 0 Å². The lowest BCUT2D eigenvalue weighted by Crippen LogP contribution is -2.14. The molecule has 1 N–H and O–H groups in total. The summed E-state index contributed by atoms with van der Waals surface area (Å²) in [5.41, 5.74) is 1.25. The first kappa shape index (κ1) is 11.3. The summed E-state index contributed by atoms with van der Waals surface area (Å²) in [6.45, 7) is 2.30. The molecule has 0 aliphatic heterocycles. The molecule has 92 valence electrons. The number of rotatable bonds is 2. The van der Waals surface area contributed by atoms with Crippen molar-refractivity contribution in [3.05, 3.63) is 35.9 Å². The molecule has 1 aromatic carbocycles. The zero-order valence-corrected chi connectivity index (χ0v) is 10.6. The van der Waals surface area contributed by atoms with E-state index in [0.29, 0.717) is 0 Å². The molecule has 1 unspecified atom stereocenters.